The number of imide groups is 1. The highest BCUT2D eigenvalue weighted by atomic mass is 32.2. The first-order valence-corrected chi connectivity index (χ1v) is 7.40. The molecule has 0 heterocycles. The van der Waals surface area contributed by atoms with Crippen LogP contribution in [0.25, 0.3) is 0 Å². The Hall–Kier alpha value is -2.27. The van der Waals surface area contributed by atoms with Gasteiger partial charge in [0.15, 0.2) is 0 Å². The molecule has 2 aromatic rings. The predicted octanol–water partition coefficient (Wildman–Crippen LogP) is 4.22. The zero-order valence-electron chi connectivity index (χ0n) is 11.3. The molecule has 0 aromatic heterocycles. The Morgan fingerprint density at radius 2 is 1.43 bits per heavy atom. The maximum Gasteiger partial charge on any atom is 0.415 e. The minimum absolute atomic E-state index is 0.0663. The molecule has 0 saturated heterocycles. The lowest BCUT2D eigenvalue weighted by Crippen LogP contribution is -2.32. The first-order valence-electron chi connectivity index (χ1n) is 6.42. The van der Waals surface area contributed by atoms with E-state index in [-0.39, 0.29) is 6.54 Å². The average Bonchev–Trinajstić information content (AvgIpc) is 2.52. The quantitative estimate of drug-likeness (QED) is 0.918. The van der Waals surface area contributed by atoms with Crippen molar-refractivity contribution in [1.82, 2.24) is 4.90 Å². The highest BCUT2D eigenvalue weighted by Crippen LogP contribution is 2.18. The van der Waals surface area contributed by atoms with E-state index in [0.29, 0.717) is 5.75 Å². The molecule has 108 valence electrons. The number of thioether (sulfide) groups is 1. The normalized spacial score (nSPS) is 10.1. The number of hydrogen-bond acceptors (Lipinski definition) is 3. The van der Waals surface area contributed by atoms with Crippen molar-refractivity contribution in [2.24, 2.45) is 0 Å². The van der Waals surface area contributed by atoms with E-state index in [4.69, 9.17) is 0 Å². The Kier molecular flexibility index (Phi) is 5.40. The maximum atomic E-state index is 12.1. The molecular weight excluding hydrogens is 286 g/mol. The summed E-state index contributed by atoms with van der Waals surface area (Å²) in [5, 5.41) is 8.73. The number of rotatable bonds is 4. The number of benzene rings is 2. The van der Waals surface area contributed by atoms with Gasteiger partial charge in [0.2, 0.25) is 0 Å². The van der Waals surface area contributed by atoms with Gasteiger partial charge in [-0.25, -0.2) is 9.69 Å². The van der Waals surface area contributed by atoms with Gasteiger partial charge in [-0.15, -0.1) is 0 Å². The molecule has 2 amide bonds. The van der Waals surface area contributed by atoms with Crippen molar-refractivity contribution < 1.29 is 14.7 Å². The number of nitrogens with zero attached hydrogens (tertiary/aromatic N) is 1. The third-order valence-corrected chi connectivity index (χ3v) is 3.78. The van der Waals surface area contributed by atoms with Gasteiger partial charge in [-0.05, 0) is 11.1 Å². The van der Waals surface area contributed by atoms with E-state index in [1.807, 2.05) is 48.5 Å². The van der Waals surface area contributed by atoms with Gasteiger partial charge >= 0.3 is 6.09 Å². The minimum Gasteiger partial charge on any atom is -0.465 e. The van der Waals surface area contributed by atoms with Gasteiger partial charge in [0.25, 0.3) is 5.24 Å². The fourth-order valence-electron chi connectivity index (χ4n) is 1.77. The highest BCUT2D eigenvalue weighted by molar-refractivity contribution is 8.12. The van der Waals surface area contributed by atoms with Crippen molar-refractivity contribution in [2.45, 2.75) is 12.3 Å². The molecule has 4 nitrogen and oxygen atoms in total. The Morgan fingerprint density at radius 3 is 1.95 bits per heavy atom. The van der Waals surface area contributed by atoms with Gasteiger partial charge in [-0.2, -0.15) is 0 Å². The number of amides is 2. The summed E-state index contributed by atoms with van der Waals surface area (Å²) >= 11 is 0.991. The molecule has 0 spiro atoms. The van der Waals surface area contributed by atoms with Crippen LogP contribution in [0.4, 0.5) is 9.59 Å². The van der Waals surface area contributed by atoms with Gasteiger partial charge in [0, 0.05) is 5.75 Å². The summed E-state index contributed by atoms with van der Waals surface area (Å²) in [6.07, 6.45) is -1.23. The summed E-state index contributed by atoms with van der Waals surface area (Å²) < 4.78 is 0. The zero-order valence-corrected chi connectivity index (χ0v) is 12.1. The topological polar surface area (TPSA) is 57.6 Å². The van der Waals surface area contributed by atoms with Crippen molar-refractivity contribution in [3.63, 3.8) is 0 Å². The second kappa shape index (κ2) is 7.50. The summed E-state index contributed by atoms with van der Waals surface area (Å²) in [6, 6.07) is 18.6. The van der Waals surface area contributed by atoms with Gasteiger partial charge in [-0.3, -0.25) is 4.79 Å². The minimum atomic E-state index is -1.23. The molecule has 0 atom stereocenters. The van der Waals surface area contributed by atoms with E-state index >= 15 is 0 Å². The lowest BCUT2D eigenvalue weighted by Gasteiger charge is -2.16. The SMILES string of the molecule is O=C(O)N(Cc1ccccc1)C(=O)SCc1ccccc1. The molecule has 0 aliphatic carbocycles. The van der Waals surface area contributed by atoms with Crippen LogP contribution in [0.15, 0.2) is 60.7 Å². The smallest absolute Gasteiger partial charge is 0.415 e. The van der Waals surface area contributed by atoms with Crippen LogP contribution in [0.2, 0.25) is 0 Å². The second-order valence-electron chi connectivity index (χ2n) is 4.39. The molecule has 0 bridgehead atoms. The molecule has 21 heavy (non-hydrogen) atoms. The standard InChI is InChI=1S/C16H15NO3S/c18-15(19)17(11-13-7-3-1-4-8-13)16(20)21-12-14-9-5-2-6-10-14/h1-10H,11-12H2,(H,18,19). The Morgan fingerprint density at radius 1 is 0.905 bits per heavy atom. The van der Waals surface area contributed by atoms with Gasteiger partial charge in [0.1, 0.15) is 0 Å². The summed E-state index contributed by atoms with van der Waals surface area (Å²) in [4.78, 5) is 24.2. The first-order chi connectivity index (χ1) is 10.2. The molecule has 0 unspecified atom stereocenters. The highest BCUT2D eigenvalue weighted by Gasteiger charge is 2.21. The lowest BCUT2D eigenvalue weighted by atomic mass is 10.2. The molecule has 1 N–H and O–H groups in total. The molecule has 0 saturated carbocycles. The molecular formula is C16H15NO3S. The Balaban J connectivity index is 1.98. The first kappa shape index (κ1) is 15.1. The molecule has 2 rings (SSSR count). The summed E-state index contributed by atoms with van der Waals surface area (Å²) in [5.41, 5.74) is 1.77. The number of carbonyl (C=O) groups excluding carboxylic acids is 1. The van der Waals surface area contributed by atoms with E-state index in [2.05, 4.69) is 0 Å². The van der Waals surface area contributed by atoms with Crippen LogP contribution in [0.5, 0.6) is 0 Å². The van der Waals surface area contributed by atoms with Crippen molar-refractivity contribution in [3.8, 4) is 0 Å². The van der Waals surface area contributed by atoms with E-state index in [1.54, 1.807) is 12.1 Å². The van der Waals surface area contributed by atoms with Crippen LogP contribution < -0.4 is 0 Å². The number of carboxylic acid groups (broad SMARTS) is 1. The van der Waals surface area contributed by atoms with Gasteiger partial charge in [-0.1, -0.05) is 72.4 Å². The van der Waals surface area contributed by atoms with Gasteiger partial charge < -0.3 is 5.11 Å². The van der Waals surface area contributed by atoms with Crippen molar-refractivity contribution in [1.29, 1.82) is 0 Å². The average molecular weight is 301 g/mol. The van der Waals surface area contributed by atoms with E-state index in [0.717, 1.165) is 27.8 Å². The van der Waals surface area contributed by atoms with Crippen molar-refractivity contribution in [2.75, 3.05) is 0 Å². The fourth-order valence-corrected chi connectivity index (χ4v) is 2.55. The predicted molar refractivity (Wildman–Crippen MR) is 83.1 cm³/mol. The summed E-state index contributed by atoms with van der Waals surface area (Å²) in [5.74, 6) is 0.457. The Bertz CT molecular complexity index is 601. The largest absolute Gasteiger partial charge is 0.465 e. The van der Waals surface area contributed by atoms with Crippen LogP contribution in [0, 0.1) is 0 Å². The lowest BCUT2D eigenvalue weighted by molar-refractivity contribution is 0.154. The van der Waals surface area contributed by atoms with E-state index in [9.17, 15) is 14.7 Å². The van der Waals surface area contributed by atoms with E-state index < -0.39 is 11.3 Å². The fraction of sp³-hybridized carbons (Fsp3) is 0.125. The molecule has 2 aromatic carbocycles. The zero-order chi connectivity index (χ0) is 15.1. The summed E-state index contributed by atoms with van der Waals surface area (Å²) in [7, 11) is 0. The third-order valence-electron chi connectivity index (χ3n) is 2.84. The molecule has 0 aliphatic rings. The van der Waals surface area contributed by atoms with Gasteiger partial charge in [0.05, 0.1) is 6.54 Å². The van der Waals surface area contributed by atoms with Crippen LogP contribution in [-0.2, 0) is 12.3 Å². The van der Waals surface area contributed by atoms with Crippen LogP contribution >= 0.6 is 11.8 Å². The monoisotopic (exact) mass is 301 g/mol. The summed E-state index contributed by atoms with van der Waals surface area (Å²) in [6.45, 7) is 0.0663. The number of hydrogen-bond donors (Lipinski definition) is 1. The molecule has 0 aliphatic heterocycles. The molecule has 0 fully saturated rings. The van der Waals surface area contributed by atoms with Crippen molar-refractivity contribution in [3.05, 3.63) is 71.8 Å². The van der Waals surface area contributed by atoms with Crippen LogP contribution in [-0.4, -0.2) is 21.3 Å². The number of carbonyl (C=O) groups is 2. The molecule has 5 heteroatoms. The van der Waals surface area contributed by atoms with Crippen LogP contribution in [0.1, 0.15) is 11.1 Å². The third kappa shape index (κ3) is 4.65. The molecule has 0 radical (unpaired) electrons. The maximum absolute atomic E-state index is 12.1. The van der Waals surface area contributed by atoms with Crippen LogP contribution in [0.3, 0.4) is 0 Å². The second-order valence-corrected chi connectivity index (χ2v) is 5.32. The van der Waals surface area contributed by atoms with Crippen molar-refractivity contribution >= 4 is 23.1 Å². The van der Waals surface area contributed by atoms with E-state index in [1.165, 1.54) is 0 Å². The Labute approximate surface area is 127 Å².